The van der Waals surface area contributed by atoms with Crippen molar-refractivity contribution in [1.82, 2.24) is 0 Å². The molecule has 0 unspecified atom stereocenters. The SMILES string of the molecule is CCN(CC)c1ccc(/C=C2\Oc3c(ccc(OC)c3C)C2=O)cc1. The fourth-order valence-electron chi connectivity index (χ4n) is 3.11. The Morgan fingerprint density at radius 3 is 2.36 bits per heavy atom. The van der Waals surface area contributed by atoms with Gasteiger partial charge < -0.3 is 14.4 Å². The molecule has 2 aromatic rings. The first kappa shape index (κ1) is 17.1. The number of ketones is 1. The minimum atomic E-state index is -0.0893. The van der Waals surface area contributed by atoms with Gasteiger partial charge >= 0.3 is 0 Å². The van der Waals surface area contributed by atoms with Gasteiger partial charge in [-0.15, -0.1) is 0 Å². The zero-order valence-electron chi connectivity index (χ0n) is 15.1. The second kappa shape index (κ2) is 7.01. The van der Waals surface area contributed by atoms with Crippen LogP contribution >= 0.6 is 0 Å². The highest BCUT2D eigenvalue weighted by Crippen LogP contribution is 2.39. The number of rotatable bonds is 5. The third-order valence-electron chi connectivity index (χ3n) is 4.58. The van der Waals surface area contributed by atoms with Crippen molar-refractivity contribution in [3.05, 3.63) is 58.8 Å². The van der Waals surface area contributed by atoms with E-state index in [0.29, 0.717) is 17.1 Å². The number of allylic oxidation sites excluding steroid dienone is 1. The number of fused-ring (bicyclic) bond motifs is 1. The quantitative estimate of drug-likeness (QED) is 0.755. The summed E-state index contributed by atoms with van der Waals surface area (Å²) in [4.78, 5) is 14.9. The molecule has 4 heteroatoms. The lowest BCUT2D eigenvalue weighted by Gasteiger charge is -2.20. The van der Waals surface area contributed by atoms with Gasteiger partial charge in [0.05, 0.1) is 12.7 Å². The summed E-state index contributed by atoms with van der Waals surface area (Å²) in [6.07, 6.45) is 1.79. The molecule has 0 radical (unpaired) electrons. The van der Waals surface area contributed by atoms with Crippen molar-refractivity contribution in [2.24, 2.45) is 0 Å². The van der Waals surface area contributed by atoms with E-state index in [4.69, 9.17) is 9.47 Å². The first-order chi connectivity index (χ1) is 12.1. The lowest BCUT2D eigenvalue weighted by atomic mass is 10.1. The molecule has 130 valence electrons. The van der Waals surface area contributed by atoms with Gasteiger partial charge in [0, 0.05) is 24.3 Å². The second-order valence-electron chi connectivity index (χ2n) is 5.97. The highest BCUT2D eigenvalue weighted by Gasteiger charge is 2.29. The van der Waals surface area contributed by atoms with E-state index in [0.717, 1.165) is 30.0 Å². The molecule has 0 amide bonds. The average molecular weight is 337 g/mol. The molecule has 0 saturated heterocycles. The molecule has 0 N–H and O–H groups in total. The van der Waals surface area contributed by atoms with Gasteiger partial charge in [-0.1, -0.05) is 12.1 Å². The van der Waals surface area contributed by atoms with Gasteiger partial charge in [0.2, 0.25) is 5.78 Å². The average Bonchev–Trinajstić information content (AvgIpc) is 2.95. The van der Waals surface area contributed by atoms with Crippen LogP contribution in [-0.2, 0) is 0 Å². The van der Waals surface area contributed by atoms with Gasteiger partial charge in [-0.2, -0.15) is 0 Å². The van der Waals surface area contributed by atoms with E-state index in [1.807, 2.05) is 19.1 Å². The minimum Gasteiger partial charge on any atom is -0.496 e. The van der Waals surface area contributed by atoms with Crippen LogP contribution in [0.1, 0.15) is 35.3 Å². The van der Waals surface area contributed by atoms with Gasteiger partial charge in [0.25, 0.3) is 0 Å². The number of anilines is 1. The summed E-state index contributed by atoms with van der Waals surface area (Å²) in [5, 5.41) is 0. The standard InChI is InChI=1S/C21H23NO3/c1-5-22(6-2)16-9-7-15(8-10-16)13-19-20(23)17-11-12-18(24-4)14(3)21(17)25-19/h7-13H,5-6H2,1-4H3/b19-13-. The third kappa shape index (κ3) is 3.12. The van der Waals surface area contributed by atoms with Crippen LogP contribution in [0, 0.1) is 6.92 Å². The minimum absolute atomic E-state index is 0.0893. The molecular formula is C21H23NO3. The van der Waals surface area contributed by atoms with Gasteiger partial charge in [-0.3, -0.25) is 4.79 Å². The second-order valence-corrected chi connectivity index (χ2v) is 5.97. The van der Waals surface area contributed by atoms with Gasteiger partial charge in [0.15, 0.2) is 5.76 Å². The van der Waals surface area contributed by atoms with Crippen LogP contribution in [0.2, 0.25) is 0 Å². The molecule has 0 aliphatic carbocycles. The van der Waals surface area contributed by atoms with Crippen molar-refractivity contribution in [2.45, 2.75) is 20.8 Å². The number of methoxy groups -OCH3 is 1. The Labute approximate surface area is 148 Å². The lowest BCUT2D eigenvalue weighted by Crippen LogP contribution is -2.21. The summed E-state index contributed by atoms with van der Waals surface area (Å²) in [6.45, 7) is 8.10. The summed E-state index contributed by atoms with van der Waals surface area (Å²) in [7, 11) is 1.61. The van der Waals surface area contributed by atoms with Gasteiger partial charge in [-0.25, -0.2) is 0 Å². The number of ether oxygens (including phenoxy) is 2. The number of hydrogen-bond donors (Lipinski definition) is 0. The van der Waals surface area contributed by atoms with Crippen molar-refractivity contribution in [3.8, 4) is 11.5 Å². The first-order valence-electron chi connectivity index (χ1n) is 8.55. The Morgan fingerprint density at radius 1 is 1.08 bits per heavy atom. The molecule has 25 heavy (non-hydrogen) atoms. The summed E-state index contributed by atoms with van der Waals surface area (Å²) in [6, 6.07) is 11.7. The van der Waals surface area contributed by atoms with Gasteiger partial charge in [0.1, 0.15) is 11.5 Å². The number of benzene rings is 2. The molecule has 0 spiro atoms. The summed E-state index contributed by atoms with van der Waals surface area (Å²) in [5.41, 5.74) is 3.55. The molecule has 4 nitrogen and oxygen atoms in total. The van der Waals surface area contributed by atoms with Crippen LogP contribution in [0.25, 0.3) is 6.08 Å². The van der Waals surface area contributed by atoms with Crippen molar-refractivity contribution >= 4 is 17.5 Å². The molecule has 0 bridgehead atoms. The zero-order valence-corrected chi connectivity index (χ0v) is 15.1. The summed E-state index contributed by atoms with van der Waals surface area (Å²) in [5.74, 6) is 1.57. The molecule has 1 aliphatic rings. The molecule has 3 rings (SSSR count). The highest BCUT2D eigenvalue weighted by molar-refractivity contribution is 6.14. The van der Waals surface area contributed by atoms with Crippen LogP contribution in [-0.4, -0.2) is 26.0 Å². The van der Waals surface area contributed by atoms with E-state index in [1.165, 1.54) is 5.69 Å². The Balaban J connectivity index is 1.88. The Bertz CT molecular complexity index is 818. The topological polar surface area (TPSA) is 38.8 Å². The van der Waals surface area contributed by atoms with E-state index in [9.17, 15) is 4.79 Å². The normalized spacial score (nSPS) is 14.4. The van der Waals surface area contributed by atoms with Crippen LogP contribution in [0.4, 0.5) is 5.69 Å². The monoisotopic (exact) mass is 337 g/mol. The number of Topliss-reactive ketones (excluding diaryl/α,β-unsaturated/α-hetero) is 1. The zero-order chi connectivity index (χ0) is 18.0. The van der Waals surface area contributed by atoms with E-state index >= 15 is 0 Å². The number of nitrogens with zero attached hydrogens (tertiary/aromatic N) is 1. The lowest BCUT2D eigenvalue weighted by molar-refractivity contribution is 0.101. The van der Waals surface area contributed by atoms with E-state index in [2.05, 4.69) is 30.9 Å². The van der Waals surface area contributed by atoms with Crippen LogP contribution in [0.5, 0.6) is 11.5 Å². The van der Waals surface area contributed by atoms with Crippen molar-refractivity contribution < 1.29 is 14.3 Å². The fourth-order valence-corrected chi connectivity index (χ4v) is 3.11. The maximum Gasteiger partial charge on any atom is 0.231 e. The largest absolute Gasteiger partial charge is 0.496 e. The Kier molecular flexibility index (Phi) is 4.79. The van der Waals surface area contributed by atoms with E-state index in [1.54, 1.807) is 25.3 Å². The predicted molar refractivity (Wildman–Crippen MR) is 101 cm³/mol. The van der Waals surface area contributed by atoms with Gasteiger partial charge in [-0.05, 0) is 56.7 Å². The van der Waals surface area contributed by atoms with Crippen molar-refractivity contribution in [1.29, 1.82) is 0 Å². The van der Waals surface area contributed by atoms with E-state index in [-0.39, 0.29) is 5.78 Å². The molecule has 2 aromatic carbocycles. The maximum absolute atomic E-state index is 12.6. The molecule has 1 heterocycles. The third-order valence-corrected chi connectivity index (χ3v) is 4.58. The number of hydrogen-bond acceptors (Lipinski definition) is 4. The van der Waals surface area contributed by atoms with Crippen LogP contribution < -0.4 is 14.4 Å². The summed E-state index contributed by atoms with van der Waals surface area (Å²) < 4.78 is 11.1. The first-order valence-corrected chi connectivity index (χ1v) is 8.55. The van der Waals surface area contributed by atoms with Crippen LogP contribution in [0.15, 0.2) is 42.2 Å². The summed E-state index contributed by atoms with van der Waals surface area (Å²) >= 11 is 0. The Hall–Kier alpha value is -2.75. The number of carbonyl (C=O) groups is 1. The molecule has 0 saturated carbocycles. The van der Waals surface area contributed by atoms with Crippen LogP contribution in [0.3, 0.4) is 0 Å². The number of carbonyl (C=O) groups excluding carboxylic acids is 1. The predicted octanol–water partition coefficient (Wildman–Crippen LogP) is 4.47. The molecule has 0 aromatic heterocycles. The highest BCUT2D eigenvalue weighted by atomic mass is 16.5. The van der Waals surface area contributed by atoms with E-state index < -0.39 is 0 Å². The van der Waals surface area contributed by atoms with Crippen molar-refractivity contribution in [3.63, 3.8) is 0 Å². The maximum atomic E-state index is 12.6. The molecular weight excluding hydrogens is 314 g/mol. The molecule has 0 atom stereocenters. The smallest absolute Gasteiger partial charge is 0.231 e. The van der Waals surface area contributed by atoms with Crippen molar-refractivity contribution in [2.75, 3.05) is 25.1 Å². The fraction of sp³-hybridized carbons (Fsp3) is 0.286. The molecule has 0 fully saturated rings. The Morgan fingerprint density at radius 2 is 1.76 bits per heavy atom. The molecule has 1 aliphatic heterocycles.